The SMILES string of the molecule is [C-]#[N+]/C(C#N)=C1\SC(=Nc2cc3c(s2)-c2sc4c5c(sc4c2C(C)(C)O3)-c2sc(N=C3SC(=C(C#N)C#N)N(CC)C3=O)cc2OC5(C)C)C(=O)N1CC. The van der Waals surface area contributed by atoms with Gasteiger partial charge >= 0.3 is 0 Å². The molecule has 0 bridgehead atoms. The van der Waals surface area contributed by atoms with Crippen LogP contribution in [-0.2, 0) is 20.8 Å². The first-order chi connectivity index (χ1) is 25.8. The molecular weight excluding hydrogens is 801 g/mol. The van der Waals surface area contributed by atoms with Crippen LogP contribution < -0.4 is 9.47 Å². The summed E-state index contributed by atoms with van der Waals surface area (Å²) in [6, 6.07) is 9.33. The van der Waals surface area contributed by atoms with E-state index in [1.54, 1.807) is 36.5 Å². The number of carbonyl (C=O) groups is 2. The topological polar surface area (TPSA) is 160 Å². The lowest BCUT2D eigenvalue weighted by atomic mass is 9.92. The normalized spacial score (nSPS) is 20.1. The van der Waals surface area contributed by atoms with Crippen LogP contribution in [0.25, 0.3) is 33.8 Å². The number of nitriles is 3. The van der Waals surface area contributed by atoms with Crippen molar-refractivity contribution in [2.45, 2.75) is 52.7 Å². The molecule has 0 aliphatic carbocycles. The van der Waals surface area contributed by atoms with Crippen molar-refractivity contribution in [1.82, 2.24) is 9.80 Å². The molecule has 2 saturated heterocycles. The van der Waals surface area contributed by atoms with Crippen LogP contribution in [0.15, 0.2) is 43.4 Å². The minimum Gasteiger partial charge on any atom is -0.481 e. The smallest absolute Gasteiger partial charge is 0.291 e. The minimum atomic E-state index is -0.703. The maximum absolute atomic E-state index is 13.2. The third kappa shape index (κ3) is 5.32. The van der Waals surface area contributed by atoms with Gasteiger partial charge < -0.3 is 14.4 Å². The third-order valence-corrected chi connectivity index (χ3v) is 15.9. The Morgan fingerprint density at radius 1 is 0.741 bits per heavy atom. The zero-order chi connectivity index (χ0) is 38.4. The molecule has 0 radical (unpaired) electrons. The molecule has 12 nitrogen and oxygen atoms in total. The van der Waals surface area contributed by atoms with Crippen LogP contribution in [-0.4, -0.2) is 44.8 Å². The van der Waals surface area contributed by atoms with Gasteiger partial charge in [0.25, 0.3) is 17.5 Å². The number of fused-ring (bicyclic) bond motifs is 9. The van der Waals surface area contributed by atoms with Gasteiger partial charge in [-0.2, -0.15) is 10.5 Å². The fourth-order valence-corrected chi connectivity index (χ4v) is 14.5. The van der Waals surface area contributed by atoms with Gasteiger partial charge in [0.05, 0.1) is 41.5 Å². The van der Waals surface area contributed by atoms with Gasteiger partial charge in [-0.25, -0.2) is 20.1 Å². The quantitative estimate of drug-likeness (QED) is 0.144. The van der Waals surface area contributed by atoms with Gasteiger partial charge in [-0.05, 0) is 53.3 Å². The molecule has 0 unspecified atom stereocenters. The molecule has 268 valence electrons. The van der Waals surface area contributed by atoms with Crippen LogP contribution in [0, 0.1) is 40.6 Å². The maximum atomic E-state index is 13.2. The summed E-state index contributed by atoms with van der Waals surface area (Å²) in [4.78, 5) is 45.9. The molecule has 4 aliphatic rings. The van der Waals surface area contributed by atoms with Gasteiger partial charge in [-0.1, -0.05) is 11.8 Å². The summed E-state index contributed by atoms with van der Waals surface area (Å²) < 4.78 is 15.5. The molecule has 8 heterocycles. The fourth-order valence-electron chi connectivity index (χ4n) is 6.62. The lowest BCUT2D eigenvalue weighted by molar-refractivity contribution is -0.121. The average molecular weight is 825 g/mol. The van der Waals surface area contributed by atoms with Crippen LogP contribution in [0.3, 0.4) is 0 Å². The molecule has 2 fully saturated rings. The number of thioether (sulfide) groups is 2. The van der Waals surface area contributed by atoms with Crippen LogP contribution >= 0.6 is 68.9 Å². The first-order valence-corrected chi connectivity index (χ1v) is 21.2. The first kappa shape index (κ1) is 36.1. The maximum Gasteiger partial charge on any atom is 0.291 e. The van der Waals surface area contributed by atoms with Gasteiger partial charge in [-0.3, -0.25) is 14.5 Å². The lowest BCUT2D eigenvalue weighted by Gasteiger charge is -2.31. The average Bonchev–Trinajstić information content (AvgIpc) is 3.96. The Kier molecular flexibility index (Phi) is 8.58. The van der Waals surface area contributed by atoms with E-state index in [4.69, 9.17) is 26.0 Å². The third-order valence-electron chi connectivity index (χ3n) is 8.89. The summed E-state index contributed by atoms with van der Waals surface area (Å²) in [5.74, 6) is 0.645. The summed E-state index contributed by atoms with van der Waals surface area (Å²) in [7, 11) is 0. The van der Waals surface area contributed by atoms with Crippen LogP contribution in [0.4, 0.5) is 10.0 Å². The first-order valence-electron chi connectivity index (χ1n) is 16.3. The van der Waals surface area contributed by atoms with Gasteiger partial charge in [0.1, 0.15) is 54.9 Å². The Balaban J connectivity index is 1.20. The molecule has 4 aromatic rings. The Morgan fingerprint density at radius 3 is 1.59 bits per heavy atom. The van der Waals surface area contributed by atoms with E-state index < -0.39 is 11.2 Å². The number of thiophene rings is 4. The van der Waals surface area contributed by atoms with E-state index in [1.807, 2.05) is 58.0 Å². The van der Waals surface area contributed by atoms with Crippen molar-refractivity contribution >= 4 is 110 Å². The van der Waals surface area contributed by atoms with Crippen molar-refractivity contribution in [3.05, 3.63) is 56.0 Å². The zero-order valence-corrected chi connectivity index (χ0v) is 34.1. The molecule has 4 aliphatic heterocycles. The molecule has 0 atom stereocenters. The molecule has 0 saturated carbocycles. The molecule has 54 heavy (non-hydrogen) atoms. The van der Waals surface area contributed by atoms with Crippen LogP contribution in [0.1, 0.15) is 52.7 Å². The second kappa shape index (κ2) is 12.8. The lowest BCUT2D eigenvalue weighted by Crippen LogP contribution is -2.28. The van der Waals surface area contributed by atoms with Gasteiger partial charge in [-0.15, -0.1) is 45.3 Å². The highest BCUT2D eigenvalue weighted by molar-refractivity contribution is 8.20. The van der Waals surface area contributed by atoms with E-state index in [2.05, 4.69) is 4.85 Å². The number of hydrogen-bond acceptors (Lipinski definition) is 15. The largest absolute Gasteiger partial charge is 0.481 e. The van der Waals surface area contributed by atoms with E-state index >= 15 is 0 Å². The second-order valence-corrected chi connectivity index (χ2v) is 19.0. The Bertz CT molecular complexity index is 2490. The molecule has 8 rings (SSSR count). The monoisotopic (exact) mass is 824 g/mol. The molecule has 4 aromatic heterocycles. The highest BCUT2D eigenvalue weighted by Gasteiger charge is 2.45. The number of rotatable bonds is 4. The molecular formula is C36H24N8O4S6. The fraction of sp³-hybridized carbons (Fsp3) is 0.278. The van der Waals surface area contributed by atoms with Crippen molar-refractivity contribution in [2.75, 3.05) is 13.1 Å². The molecule has 18 heteroatoms. The highest BCUT2D eigenvalue weighted by Crippen LogP contribution is 2.63. The molecule has 0 spiro atoms. The number of nitrogens with zero attached hydrogens (tertiary/aromatic N) is 8. The Labute approximate surface area is 333 Å². The summed E-state index contributed by atoms with van der Waals surface area (Å²) >= 11 is 8.28. The minimum absolute atomic E-state index is 0.126. The molecule has 0 aromatic carbocycles. The molecule has 0 N–H and O–H groups in total. The van der Waals surface area contributed by atoms with Crippen molar-refractivity contribution in [3.8, 4) is 49.2 Å². The predicted octanol–water partition coefficient (Wildman–Crippen LogP) is 9.80. The number of aliphatic imine (C=N–C) groups is 2. The van der Waals surface area contributed by atoms with E-state index in [-0.39, 0.29) is 33.2 Å². The number of amides is 2. The van der Waals surface area contributed by atoms with Gasteiger partial charge in [0, 0.05) is 36.3 Å². The van der Waals surface area contributed by atoms with Crippen molar-refractivity contribution < 1.29 is 19.1 Å². The highest BCUT2D eigenvalue weighted by atomic mass is 32.2. The summed E-state index contributed by atoms with van der Waals surface area (Å²) in [5.41, 5.74) is 0.451. The van der Waals surface area contributed by atoms with Crippen LogP contribution in [0.2, 0.25) is 0 Å². The number of hydrogen-bond donors (Lipinski definition) is 0. The van der Waals surface area contributed by atoms with E-state index in [1.165, 1.54) is 32.5 Å². The van der Waals surface area contributed by atoms with Crippen molar-refractivity contribution in [1.29, 1.82) is 15.8 Å². The summed E-state index contributed by atoms with van der Waals surface area (Å²) in [5, 5.41) is 30.5. The Hall–Kier alpha value is -4.92. The number of allylic oxidation sites excluding steroid dienone is 2. The van der Waals surface area contributed by atoms with E-state index in [9.17, 15) is 25.4 Å². The summed E-state index contributed by atoms with van der Waals surface area (Å²) in [6.45, 7) is 19.7. The van der Waals surface area contributed by atoms with E-state index in [0.717, 1.165) is 63.6 Å². The van der Waals surface area contributed by atoms with Crippen LogP contribution in [0.5, 0.6) is 11.5 Å². The second-order valence-electron chi connectivity index (χ2n) is 13.0. The zero-order valence-electron chi connectivity index (χ0n) is 29.2. The standard InChI is InChI=1S/C36H24N8O4S6/c1-8-43-31(45)29(53-33(43)15(12-37)13-38)41-19-10-17-23(49-19)25-21(35(3,4)47-17)27-28(51-25)22-26(52-27)24-18(48-36(22,5)6)11-20(50-24)42-30-32(46)44(9-2)34(54-30)16(14-39)40-7/h10-11H,8-9H2,1-6H3/b34-16-,41-29?,42-30?. The summed E-state index contributed by atoms with van der Waals surface area (Å²) in [6.07, 6.45) is 0. The van der Waals surface area contributed by atoms with Gasteiger partial charge in [0.15, 0.2) is 15.7 Å². The number of ether oxygens (including phenoxy) is 2. The van der Waals surface area contributed by atoms with Gasteiger partial charge in [0.2, 0.25) is 0 Å². The van der Waals surface area contributed by atoms with Crippen molar-refractivity contribution in [3.63, 3.8) is 0 Å². The van der Waals surface area contributed by atoms with Crippen molar-refractivity contribution in [2.24, 2.45) is 9.98 Å². The predicted molar refractivity (Wildman–Crippen MR) is 215 cm³/mol. The van der Waals surface area contributed by atoms with E-state index in [0.29, 0.717) is 44.6 Å². The molecule has 2 amide bonds. The number of carbonyl (C=O) groups excluding carboxylic acids is 2. The Morgan fingerprint density at radius 2 is 1.19 bits per heavy atom.